The Kier molecular flexibility index (Phi) is 5.84. The Morgan fingerprint density at radius 3 is 2.85 bits per heavy atom. The second-order valence-electron chi connectivity index (χ2n) is 5.37. The van der Waals surface area contributed by atoms with Crippen LogP contribution in [0.3, 0.4) is 0 Å². The number of carbonyl (C=O) groups is 1. The molecule has 1 aliphatic carbocycles. The van der Waals surface area contributed by atoms with Crippen LogP contribution < -0.4 is 5.32 Å². The van der Waals surface area contributed by atoms with E-state index in [2.05, 4.69) is 10.3 Å². The maximum atomic E-state index is 11.5. The number of ether oxygens (including phenoxy) is 1. The third-order valence-electron chi connectivity index (χ3n) is 3.84. The van der Waals surface area contributed by atoms with Crippen molar-refractivity contribution in [2.75, 3.05) is 18.5 Å². The van der Waals surface area contributed by atoms with Crippen LogP contribution >= 0.6 is 0 Å². The summed E-state index contributed by atoms with van der Waals surface area (Å²) >= 11 is 0. The van der Waals surface area contributed by atoms with Gasteiger partial charge in [-0.15, -0.1) is 0 Å². The minimum Gasteiger partial charge on any atom is -0.462 e. The summed E-state index contributed by atoms with van der Waals surface area (Å²) < 4.78 is 4.92. The lowest BCUT2D eigenvalue weighted by atomic mass is 10.0. The smallest absolute Gasteiger partial charge is 0.339 e. The number of anilines is 1. The van der Waals surface area contributed by atoms with E-state index >= 15 is 0 Å². The van der Waals surface area contributed by atoms with Gasteiger partial charge in [0.2, 0.25) is 0 Å². The molecule has 20 heavy (non-hydrogen) atoms. The zero-order valence-electron chi connectivity index (χ0n) is 12.2. The molecule has 0 bridgehead atoms. The fraction of sp³-hybridized carbons (Fsp3) is 0.625. The van der Waals surface area contributed by atoms with E-state index in [4.69, 9.17) is 4.74 Å². The van der Waals surface area contributed by atoms with Crippen molar-refractivity contribution in [3.63, 3.8) is 0 Å². The molecular weight excluding hydrogens is 252 g/mol. The second-order valence-corrected chi connectivity index (χ2v) is 5.37. The molecule has 1 aromatic rings. The van der Waals surface area contributed by atoms with E-state index in [-0.39, 0.29) is 5.97 Å². The number of nitrogens with zero attached hydrogens (tertiary/aromatic N) is 1. The molecule has 0 amide bonds. The van der Waals surface area contributed by atoms with Gasteiger partial charge in [0, 0.05) is 12.7 Å². The number of esters is 1. The van der Waals surface area contributed by atoms with Gasteiger partial charge in [-0.25, -0.2) is 9.78 Å². The molecule has 4 heteroatoms. The third kappa shape index (κ3) is 4.51. The number of aromatic nitrogens is 1. The molecule has 0 aliphatic heterocycles. The Balaban J connectivity index is 1.69. The van der Waals surface area contributed by atoms with Crippen LogP contribution in [0, 0.1) is 5.92 Å². The van der Waals surface area contributed by atoms with Crippen molar-refractivity contribution in [3.05, 3.63) is 23.9 Å². The Morgan fingerprint density at radius 2 is 2.20 bits per heavy atom. The fourth-order valence-electron chi connectivity index (χ4n) is 2.74. The molecule has 0 saturated heterocycles. The molecule has 110 valence electrons. The lowest BCUT2D eigenvalue weighted by molar-refractivity contribution is 0.0526. The lowest BCUT2D eigenvalue weighted by Gasteiger charge is -2.09. The Bertz CT molecular complexity index is 411. The summed E-state index contributed by atoms with van der Waals surface area (Å²) in [6, 6.07) is 3.59. The monoisotopic (exact) mass is 276 g/mol. The average molecular weight is 276 g/mol. The Labute approximate surface area is 120 Å². The van der Waals surface area contributed by atoms with E-state index < -0.39 is 0 Å². The fourth-order valence-corrected chi connectivity index (χ4v) is 2.74. The van der Waals surface area contributed by atoms with E-state index in [1.807, 2.05) is 6.07 Å². The summed E-state index contributed by atoms with van der Waals surface area (Å²) in [6.07, 6.45) is 9.71. The number of hydrogen-bond donors (Lipinski definition) is 1. The zero-order chi connectivity index (χ0) is 14.2. The summed E-state index contributed by atoms with van der Waals surface area (Å²) in [5, 5.41) is 3.30. The summed E-state index contributed by atoms with van der Waals surface area (Å²) in [5.74, 6) is 1.45. The van der Waals surface area contributed by atoms with Crippen LogP contribution in [0.15, 0.2) is 18.3 Å². The van der Waals surface area contributed by atoms with Gasteiger partial charge in [-0.05, 0) is 37.8 Å². The van der Waals surface area contributed by atoms with Crippen LogP contribution in [0.5, 0.6) is 0 Å². The van der Waals surface area contributed by atoms with E-state index in [1.54, 1.807) is 19.2 Å². The van der Waals surface area contributed by atoms with E-state index in [9.17, 15) is 4.79 Å². The van der Waals surface area contributed by atoms with Gasteiger partial charge in [-0.3, -0.25) is 0 Å². The summed E-state index contributed by atoms with van der Waals surface area (Å²) in [4.78, 5) is 15.7. The van der Waals surface area contributed by atoms with Crippen LogP contribution in [0.1, 0.15) is 55.8 Å². The average Bonchev–Trinajstić information content (AvgIpc) is 2.98. The lowest BCUT2D eigenvalue weighted by Crippen LogP contribution is -2.08. The van der Waals surface area contributed by atoms with Crippen molar-refractivity contribution in [2.45, 2.75) is 45.4 Å². The van der Waals surface area contributed by atoms with Crippen LogP contribution in [-0.4, -0.2) is 24.1 Å². The standard InChI is InChI=1S/C16H24N2O2/c1-2-20-16(19)14-9-10-15(18-12-14)17-11-5-8-13-6-3-4-7-13/h9-10,12-13H,2-8,11H2,1H3,(H,17,18). The number of pyridine rings is 1. The highest BCUT2D eigenvalue weighted by molar-refractivity contribution is 5.89. The van der Waals surface area contributed by atoms with Gasteiger partial charge in [0.1, 0.15) is 5.82 Å². The summed E-state index contributed by atoms with van der Waals surface area (Å²) in [5.41, 5.74) is 0.503. The maximum Gasteiger partial charge on any atom is 0.339 e. The molecular formula is C16H24N2O2. The molecule has 1 aliphatic rings. The zero-order valence-corrected chi connectivity index (χ0v) is 12.2. The molecule has 0 spiro atoms. The van der Waals surface area contributed by atoms with Crippen molar-refractivity contribution in [1.82, 2.24) is 4.98 Å². The van der Waals surface area contributed by atoms with E-state index in [1.165, 1.54) is 38.5 Å². The number of carbonyl (C=O) groups excluding carboxylic acids is 1. The molecule has 0 aromatic carbocycles. The summed E-state index contributed by atoms with van der Waals surface area (Å²) in [6.45, 7) is 3.13. The largest absolute Gasteiger partial charge is 0.462 e. The summed E-state index contributed by atoms with van der Waals surface area (Å²) in [7, 11) is 0. The molecule has 4 nitrogen and oxygen atoms in total. The SMILES string of the molecule is CCOC(=O)c1ccc(NCCCC2CCCC2)nc1. The predicted molar refractivity (Wildman–Crippen MR) is 79.9 cm³/mol. The van der Waals surface area contributed by atoms with Crippen molar-refractivity contribution < 1.29 is 9.53 Å². The number of hydrogen-bond acceptors (Lipinski definition) is 4. The first-order chi connectivity index (χ1) is 9.79. The predicted octanol–water partition coefficient (Wildman–Crippen LogP) is 3.64. The van der Waals surface area contributed by atoms with Gasteiger partial charge < -0.3 is 10.1 Å². The van der Waals surface area contributed by atoms with Crippen molar-refractivity contribution >= 4 is 11.8 Å². The van der Waals surface area contributed by atoms with Crippen LogP contribution in [0.4, 0.5) is 5.82 Å². The minimum atomic E-state index is -0.312. The van der Waals surface area contributed by atoms with Gasteiger partial charge in [0.15, 0.2) is 0 Å². The Morgan fingerprint density at radius 1 is 1.40 bits per heavy atom. The van der Waals surface area contributed by atoms with Crippen molar-refractivity contribution in [2.24, 2.45) is 5.92 Å². The highest BCUT2D eigenvalue weighted by Gasteiger charge is 2.13. The maximum absolute atomic E-state index is 11.5. The van der Waals surface area contributed by atoms with E-state index in [0.717, 1.165) is 18.3 Å². The van der Waals surface area contributed by atoms with E-state index in [0.29, 0.717) is 12.2 Å². The van der Waals surface area contributed by atoms with Gasteiger partial charge >= 0.3 is 5.97 Å². The molecule has 1 N–H and O–H groups in total. The molecule has 0 atom stereocenters. The van der Waals surface area contributed by atoms with Gasteiger partial charge in [-0.2, -0.15) is 0 Å². The van der Waals surface area contributed by atoms with Crippen LogP contribution in [-0.2, 0) is 4.74 Å². The normalized spacial score (nSPS) is 15.2. The first kappa shape index (κ1) is 14.8. The van der Waals surface area contributed by atoms with Gasteiger partial charge in [-0.1, -0.05) is 25.7 Å². The molecule has 2 rings (SSSR count). The second kappa shape index (κ2) is 7.88. The van der Waals surface area contributed by atoms with Crippen molar-refractivity contribution in [3.8, 4) is 0 Å². The molecule has 1 heterocycles. The molecule has 1 fully saturated rings. The van der Waals surface area contributed by atoms with Crippen LogP contribution in [0.25, 0.3) is 0 Å². The third-order valence-corrected chi connectivity index (χ3v) is 3.84. The highest BCUT2D eigenvalue weighted by Crippen LogP contribution is 2.28. The first-order valence-electron chi connectivity index (χ1n) is 7.66. The topological polar surface area (TPSA) is 51.2 Å². The van der Waals surface area contributed by atoms with Gasteiger partial charge in [0.25, 0.3) is 0 Å². The highest BCUT2D eigenvalue weighted by atomic mass is 16.5. The molecule has 1 aromatic heterocycles. The Hall–Kier alpha value is -1.58. The van der Waals surface area contributed by atoms with Crippen molar-refractivity contribution in [1.29, 1.82) is 0 Å². The number of rotatable bonds is 7. The van der Waals surface area contributed by atoms with Gasteiger partial charge in [0.05, 0.1) is 12.2 Å². The molecule has 0 radical (unpaired) electrons. The first-order valence-corrected chi connectivity index (χ1v) is 7.66. The molecule has 1 saturated carbocycles. The molecule has 0 unspecified atom stereocenters. The quantitative estimate of drug-likeness (QED) is 0.610. The number of nitrogens with one attached hydrogen (secondary N) is 1. The minimum absolute atomic E-state index is 0.312. The van der Waals surface area contributed by atoms with Crippen LogP contribution in [0.2, 0.25) is 0 Å².